The number of hydrogen-bond donors (Lipinski definition) is 2. The van der Waals surface area contributed by atoms with Crippen LogP contribution in [0.2, 0.25) is 5.02 Å². The summed E-state index contributed by atoms with van der Waals surface area (Å²) in [4.78, 5) is 13.9. The number of ether oxygens (including phenoxy) is 1. The molecule has 0 spiro atoms. The van der Waals surface area contributed by atoms with Gasteiger partial charge in [-0.05, 0) is 11.6 Å². The highest BCUT2D eigenvalue weighted by molar-refractivity contribution is 7.88. The van der Waals surface area contributed by atoms with E-state index in [4.69, 9.17) is 16.3 Å². The van der Waals surface area contributed by atoms with Gasteiger partial charge >= 0.3 is 0 Å². The maximum atomic E-state index is 12.4. The molecule has 1 heterocycles. The topological polar surface area (TPSA) is 95.9 Å². The molecule has 1 aliphatic rings. The molecule has 2 rings (SSSR count). The third-order valence-corrected chi connectivity index (χ3v) is 4.57. The molecule has 0 bridgehead atoms. The monoisotopic (exact) mass is 362 g/mol. The van der Waals surface area contributed by atoms with Crippen molar-refractivity contribution in [3.63, 3.8) is 0 Å². The Balaban J connectivity index is 2.28. The number of rotatable bonds is 5. The molecule has 2 atom stereocenters. The maximum Gasteiger partial charge on any atom is 0.238 e. The van der Waals surface area contributed by atoms with Crippen molar-refractivity contribution in [1.29, 1.82) is 0 Å². The van der Waals surface area contributed by atoms with E-state index in [2.05, 4.69) is 4.72 Å². The van der Waals surface area contributed by atoms with Crippen molar-refractivity contribution in [3.8, 4) is 0 Å². The molecule has 0 aliphatic carbocycles. The lowest BCUT2D eigenvalue weighted by molar-refractivity contribution is -0.148. The Morgan fingerprint density at radius 3 is 2.78 bits per heavy atom. The fourth-order valence-electron chi connectivity index (χ4n) is 2.54. The molecule has 1 aliphatic heterocycles. The van der Waals surface area contributed by atoms with Crippen molar-refractivity contribution >= 4 is 27.5 Å². The van der Waals surface area contributed by atoms with Crippen molar-refractivity contribution in [2.75, 3.05) is 32.6 Å². The minimum Gasteiger partial charge on any atom is -0.394 e. The van der Waals surface area contributed by atoms with Crippen LogP contribution in [0.1, 0.15) is 11.6 Å². The Morgan fingerprint density at radius 1 is 1.48 bits per heavy atom. The van der Waals surface area contributed by atoms with Crippen molar-refractivity contribution in [2.45, 2.75) is 12.1 Å². The molecule has 128 valence electrons. The first-order valence-corrected chi connectivity index (χ1v) is 9.31. The minimum atomic E-state index is -3.47. The van der Waals surface area contributed by atoms with Gasteiger partial charge in [0, 0.05) is 11.6 Å². The summed E-state index contributed by atoms with van der Waals surface area (Å²) in [7, 11) is -3.47. The van der Waals surface area contributed by atoms with Crippen molar-refractivity contribution in [3.05, 3.63) is 34.9 Å². The molecule has 9 heteroatoms. The highest BCUT2D eigenvalue weighted by Gasteiger charge is 2.37. The standard InChI is InChI=1S/C14H19ClN2O5S/c1-23(20,21)16-8-13(19)17-6-7-22-12(9-18)14(17)10-4-2-3-5-11(10)15/h2-5,12,14,16,18H,6-9H2,1H3/t12-,14-/m0/s1. The Morgan fingerprint density at radius 2 is 2.17 bits per heavy atom. The number of aliphatic hydroxyl groups is 1. The Kier molecular flexibility index (Phi) is 5.99. The normalized spacial score (nSPS) is 22.1. The lowest BCUT2D eigenvalue weighted by Gasteiger charge is -2.41. The molecule has 1 aromatic rings. The zero-order chi connectivity index (χ0) is 17.0. The summed E-state index contributed by atoms with van der Waals surface area (Å²) < 4.78 is 30.1. The van der Waals surface area contributed by atoms with E-state index in [0.29, 0.717) is 10.6 Å². The molecule has 1 aromatic carbocycles. The van der Waals surface area contributed by atoms with Crippen LogP contribution in [0, 0.1) is 0 Å². The lowest BCUT2D eigenvalue weighted by Crippen LogP contribution is -2.52. The Bertz CT molecular complexity index is 667. The summed E-state index contributed by atoms with van der Waals surface area (Å²) in [5.74, 6) is -0.401. The smallest absolute Gasteiger partial charge is 0.238 e. The molecular formula is C14H19ClN2O5S. The zero-order valence-corrected chi connectivity index (χ0v) is 14.2. The van der Waals surface area contributed by atoms with Gasteiger partial charge in [0.1, 0.15) is 6.10 Å². The molecule has 23 heavy (non-hydrogen) atoms. The predicted octanol–water partition coefficient (Wildman–Crippen LogP) is 0.150. The molecule has 0 radical (unpaired) electrons. The van der Waals surface area contributed by atoms with E-state index in [1.54, 1.807) is 24.3 Å². The molecular weight excluding hydrogens is 344 g/mol. The van der Waals surface area contributed by atoms with Gasteiger partial charge in [0.2, 0.25) is 15.9 Å². The van der Waals surface area contributed by atoms with E-state index in [0.717, 1.165) is 6.26 Å². The summed E-state index contributed by atoms with van der Waals surface area (Å²) in [5.41, 5.74) is 0.653. The fourth-order valence-corrected chi connectivity index (χ4v) is 3.18. The van der Waals surface area contributed by atoms with E-state index in [-0.39, 0.29) is 26.3 Å². The molecule has 1 fully saturated rings. The molecule has 2 N–H and O–H groups in total. The van der Waals surface area contributed by atoms with Crippen LogP contribution in [-0.2, 0) is 19.6 Å². The van der Waals surface area contributed by atoms with Gasteiger partial charge in [-0.25, -0.2) is 13.1 Å². The third-order valence-electron chi connectivity index (χ3n) is 3.56. The van der Waals surface area contributed by atoms with E-state index >= 15 is 0 Å². The Hall–Kier alpha value is -1.19. The van der Waals surface area contributed by atoms with Crippen LogP contribution in [0.3, 0.4) is 0 Å². The number of nitrogens with zero attached hydrogens (tertiary/aromatic N) is 1. The van der Waals surface area contributed by atoms with Crippen LogP contribution in [0.15, 0.2) is 24.3 Å². The lowest BCUT2D eigenvalue weighted by atomic mass is 9.98. The van der Waals surface area contributed by atoms with Crippen molar-refractivity contribution < 1.29 is 23.1 Å². The van der Waals surface area contributed by atoms with E-state index < -0.39 is 28.1 Å². The summed E-state index contributed by atoms with van der Waals surface area (Å²) in [5, 5.41) is 10.0. The van der Waals surface area contributed by atoms with Crippen LogP contribution in [0.4, 0.5) is 0 Å². The van der Waals surface area contributed by atoms with Gasteiger partial charge in [0.25, 0.3) is 0 Å². The van der Waals surface area contributed by atoms with Crippen molar-refractivity contribution in [2.24, 2.45) is 0 Å². The number of benzene rings is 1. The van der Waals surface area contributed by atoms with Crippen LogP contribution in [-0.4, -0.2) is 63.0 Å². The molecule has 0 aromatic heterocycles. The number of hydrogen-bond acceptors (Lipinski definition) is 5. The number of aliphatic hydroxyl groups excluding tert-OH is 1. The second kappa shape index (κ2) is 7.59. The van der Waals surface area contributed by atoms with E-state index in [9.17, 15) is 18.3 Å². The van der Waals surface area contributed by atoms with Gasteiger partial charge in [0.15, 0.2) is 0 Å². The first kappa shape index (κ1) is 18.2. The minimum absolute atomic E-state index is 0.261. The highest BCUT2D eigenvalue weighted by atomic mass is 35.5. The van der Waals surface area contributed by atoms with E-state index in [1.165, 1.54) is 4.90 Å². The van der Waals surface area contributed by atoms with Gasteiger partial charge in [-0.2, -0.15) is 0 Å². The fraction of sp³-hybridized carbons (Fsp3) is 0.500. The van der Waals surface area contributed by atoms with Gasteiger partial charge < -0.3 is 14.7 Å². The summed E-state index contributed by atoms with van der Waals surface area (Å²) in [6, 6.07) is 6.42. The average molecular weight is 363 g/mol. The molecule has 0 unspecified atom stereocenters. The first-order valence-electron chi connectivity index (χ1n) is 7.04. The summed E-state index contributed by atoms with van der Waals surface area (Å²) in [6.45, 7) is -0.0788. The third kappa shape index (κ3) is 4.65. The van der Waals surface area contributed by atoms with Crippen LogP contribution < -0.4 is 4.72 Å². The average Bonchev–Trinajstić information content (AvgIpc) is 2.51. The van der Waals surface area contributed by atoms with Gasteiger partial charge in [-0.15, -0.1) is 0 Å². The summed E-state index contributed by atoms with van der Waals surface area (Å²) in [6.07, 6.45) is 0.368. The molecule has 1 saturated heterocycles. The van der Waals surface area contributed by atoms with Gasteiger partial charge in [-0.1, -0.05) is 29.8 Å². The quantitative estimate of drug-likeness (QED) is 0.777. The number of nitrogens with one attached hydrogen (secondary N) is 1. The molecule has 7 nitrogen and oxygen atoms in total. The second-order valence-electron chi connectivity index (χ2n) is 5.24. The van der Waals surface area contributed by atoms with Crippen molar-refractivity contribution in [1.82, 2.24) is 9.62 Å². The number of morpholine rings is 1. The van der Waals surface area contributed by atoms with Crippen LogP contribution in [0.25, 0.3) is 0 Å². The van der Waals surface area contributed by atoms with E-state index in [1.807, 2.05) is 0 Å². The van der Waals surface area contributed by atoms with Gasteiger partial charge in [-0.3, -0.25) is 4.79 Å². The van der Waals surface area contributed by atoms with Gasteiger partial charge in [0.05, 0.1) is 32.1 Å². The molecule has 1 amide bonds. The van der Waals surface area contributed by atoms with Crippen LogP contribution >= 0.6 is 11.6 Å². The Labute approximate surface area is 140 Å². The summed E-state index contributed by atoms with van der Waals surface area (Å²) >= 11 is 6.21. The zero-order valence-electron chi connectivity index (χ0n) is 12.6. The highest BCUT2D eigenvalue weighted by Crippen LogP contribution is 2.33. The number of halogens is 1. The number of carbonyl (C=O) groups excluding carboxylic acids is 1. The number of sulfonamides is 1. The molecule has 0 saturated carbocycles. The first-order chi connectivity index (χ1) is 10.8. The number of amides is 1. The SMILES string of the molecule is CS(=O)(=O)NCC(=O)N1CCO[C@@H](CO)[C@@H]1c1ccccc1Cl. The number of carbonyl (C=O) groups is 1. The van der Waals surface area contributed by atoms with Crippen LogP contribution in [0.5, 0.6) is 0 Å². The maximum absolute atomic E-state index is 12.4. The largest absolute Gasteiger partial charge is 0.394 e. The predicted molar refractivity (Wildman–Crippen MR) is 85.6 cm³/mol. The second-order valence-corrected chi connectivity index (χ2v) is 7.48.